The number of methoxy groups -OCH3 is 1. The highest BCUT2D eigenvalue weighted by Gasteiger charge is 2.26. The van der Waals surface area contributed by atoms with Gasteiger partial charge in [-0.15, -0.1) is 11.3 Å². The summed E-state index contributed by atoms with van der Waals surface area (Å²) in [6.45, 7) is 5.41. The number of thiazole rings is 1. The zero-order chi connectivity index (χ0) is 14.7. The fourth-order valence-corrected chi connectivity index (χ4v) is 4.59. The lowest BCUT2D eigenvalue weighted by Gasteiger charge is -2.16. The highest BCUT2D eigenvalue weighted by molar-refractivity contribution is 7.90. The summed E-state index contributed by atoms with van der Waals surface area (Å²) in [6, 6.07) is 0. The summed E-state index contributed by atoms with van der Waals surface area (Å²) in [5.41, 5.74) is -0.431. The monoisotopic (exact) mass is 307 g/mol. The maximum atomic E-state index is 11.8. The molecule has 0 unspecified atom stereocenters. The normalized spacial score (nSPS) is 12.9. The average Bonchev–Trinajstić information content (AvgIpc) is 2.60. The summed E-state index contributed by atoms with van der Waals surface area (Å²) in [4.78, 5) is 4.95. The van der Waals surface area contributed by atoms with Gasteiger partial charge in [-0.2, -0.15) is 0 Å². The van der Waals surface area contributed by atoms with Crippen LogP contribution in [-0.2, 0) is 32.5 Å². The highest BCUT2D eigenvalue weighted by Crippen LogP contribution is 2.31. The van der Waals surface area contributed by atoms with Crippen LogP contribution in [0.15, 0.2) is 0 Å². The molecular formula is C12H21NO4S2. The summed E-state index contributed by atoms with van der Waals surface area (Å²) in [6.07, 6.45) is 0.594. The molecule has 0 atom stereocenters. The number of sulfone groups is 1. The van der Waals surface area contributed by atoms with Gasteiger partial charge in [0.25, 0.3) is 0 Å². The van der Waals surface area contributed by atoms with Gasteiger partial charge in [-0.05, 0) is 20.3 Å². The molecule has 1 heterocycles. The Labute approximate surface area is 118 Å². The lowest BCUT2D eigenvalue weighted by Crippen LogP contribution is -2.16. The van der Waals surface area contributed by atoms with E-state index in [9.17, 15) is 13.5 Å². The Morgan fingerprint density at radius 2 is 2.05 bits per heavy atom. The van der Waals surface area contributed by atoms with Gasteiger partial charge in [0.05, 0.1) is 28.5 Å². The van der Waals surface area contributed by atoms with Crippen LogP contribution >= 0.6 is 11.3 Å². The number of hydrogen-bond acceptors (Lipinski definition) is 6. The Hall–Kier alpha value is -0.500. The van der Waals surface area contributed by atoms with Crippen molar-refractivity contribution in [3.63, 3.8) is 0 Å². The fraction of sp³-hybridized carbons (Fsp3) is 0.750. The molecule has 0 saturated heterocycles. The van der Waals surface area contributed by atoms with E-state index in [0.29, 0.717) is 22.0 Å². The first kappa shape index (κ1) is 16.6. The second kappa shape index (κ2) is 6.30. The van der Waals surface area contributed by atoms with E-state index in [1.807, 2.05) is 6.92 Å². The molecule has 5 nitrogen and oxygen atoms in total. The molecular weight excluding hydrogens is 286 g/mol. The molecule has 19 heavy (non-hydrogen) atoms. The van der Waals surface area contributed by atoms with Crippen molar-refractivity contribution in [1.82, 2.24) is 4.98 Å². The van der Waals surface area contributed by atoms with Crippen molar-refractivity contribution in [2.45, 2.75) is 45.2 Å². The first-order chi connectivity index (χ1) is 8.69. The molecule has 0 saturated carbocycles. The molecule has 0 aliphatic heterocycles. The minimum atomic E-state index is -3.12. The van der Waals surface area contributed by atoms with Crippen molar-refractivity contribution >= 4 is 21.2 Å². The van der Waals surface area contributed by atoms with E-state index in [0.717, 1.165) is 0 Å². The fourth-order valence-electron chi connectivity index (χ4n) is 1.75. The molecule has 0 aliphatic carbocycles. The third kappa shape index (κ3) is 4.83. The first-order valence-corrected chi connectivity index (χ1v) is 8.74. The molecule has 0 bridgehead atoms. The second-order valence-corrected chi connectivity index (χ2v) is 8.24. The highest BCUT2D eigenvalue weighted by atomic mass is 32.2. The molecule has 1 N–H and O–H groups in total. The van der Waals surface area contributed by atoms with Gasteiger partial charge in [0.1, 0.15) is 10.8 Å². The number of hydrogen-bond donors (Lipinski definition) is 1. The summed E-state index contributed by atoms with van der Waals surface area (Å²) in [5.74, 6) is 0.0857. The largest absolute Gasteiger partial charge is 0.385 e. The third-order valence-electron chi connectivity index (χ3n) is 2.44. The molecule has 0 fully saturated rings. The van der Waals surface area contributed by atoms with Crippen LogP contribution in [-0.4, -0.2) is 31.4 Å². The molecule has 0 aromatic carbocycles. The van der Waals surface area contributed by atoms with Gasteiger partial charge in [-0.1, -0.05) is 6.92 Å². The maximum absolute atomic E-state index is 11.8. The van der Waals surface area contributed by atoms with Gasteiger partial charge in [-0.25, -0.2) is 13.4 Å². The van der Waals surface area contributed by atoms with Gasteiger partial charge >= 0.3 is 0 Å². The average molecular weight is 307 g/mol. The molecule has 1 rings (SSSR count). The van der Waals surface area contributed by atoms with Crippen molar-refractivity contribution in [2.75, 3.05) is 12.9 Å². The van der Waals surface area contributed by atoms with E-state index in [2.05, 4.69) is 4.98 Å². The SMILES string of the molecule is CCCS(=O)(=O)Cc1nc(COC)c(C(C)(C)O)s1. The number of rotatable bonds is 7. The van der Waals surface area contributed by atoms with Crippen molar-refractivity contribution in [3.05, 3.63) is 15.6 Å². The maximum Gasteiger partial charge on any atom is 0.156 e. The topological polar surface area (TPSA) is 76.5 Å². The number of nitrogens with zero attached hydrogens (tertiary/aromatic N) is 1. The molecule has 1 aromatic heterocycles. The molecule has 7 heteroatoms. The van der Waals surface area contributed by atoms with E-state index in [1.165, 1.54) is 11.3 Å². The van der Waals surface area contributed by atoms with Gasteiger partial charge in [0.15, 0.2) is 9.84 Å². The van der Waals surface area contributed by atoms with Crippen LogP contribution in [0.5, 0.6) is 0 Å². The number of ether oxygens (including phenoxy) is 1. The molecule has 1 aromatic rings. The Morgan fingerprint density at radius 3 is 2.53 bits per heavy atom. The Morgan fingerprint density at radius 1 is 1.42 bits per heavy atom. The Kier molecular flexibility index (Phi) is 5.49. The lowest BCUT2D eigenvalue weighted by atomic mass is 10.1. The van der Waals surface area contributed by atoms with Gasteiger partial charge < -0.3 is 9.84 Å². The molecule has 0 aliphatic rings. The summed E-state index contributed by atoms with van der Waals surface area (Å²) < 4.78 is 28.6. The van der Waals surface area contributed by atoms with Crippen molar-refractivity contribution < 1.29 is 18.3 Å². The molecule has 0 amide bonds. The summed E-state index contributed by atoms with van der Waals surface area (Å²) in [5, 5.41) is 10.6. The van der Waals surface area contributed by atoms with E-state index in [-0.39, 0.29) is 18.1 Å². The van der Waals surface area contributed by atoms with Gasteiger partial charge in [0.2, 0.25) is 0 Å². The van der Waals surface area contributed by atoms with Crippen LogP contribution in [0, 0.1) is 0 Å². The zero-order valence-corrected chi connectivity index (χ0v) is 13.4. The lowest BCUT2D eigenvalue weighted by molar-refractivity contribution is 0.0782. The van der Waals surface area contributed by atoms with Crippen LogP contribution in [0.3, 0.4) is 0 Å². The minimum absolute atomic E-state index is 0.0711. The summed E-state index contributed by atoms with van der Waals surface area (Å²) in [7, 11) is -1.58. The van der Waals surface area contributed by atoms with Crippen LogP contribution < -0.4 is 0 Å². The van der Waals surface area contributed by atoms with E-state index in [4.69, 9.17) is 4.74 Å². The van der Waals surface area contributed by atoms with Crippen LogP contribution in [0.1, 0.15) is 42.8 Å². The predicted molar refractivity (Wildman–Crippen MR) is 75.9 cm³/mol. The molecule has 110 valence electrons. The Bertz CT molecular complexity index is 514. The Balaban J connectivity index is 3.05. The van der Waals surface area contributed by atoms with E-state index in [1.54, 1.807) is 21.0 Å². The van der Waals surface area contributed by atoms with Crippen molar-refractivity contribution in [1.29, 1.82) is 0 Å². The zero-order valence-electron chi connectivity index (χ0n) is 11.8. The van der Waals surface area contributed by atoms with Gasteiger partial charge in [0, 0.05) is 7.11 Å². The smallest absolute Gasteiger partial charge is 0.156 e. The minimum Gasteiger partial charge on any atom is -0.385 e. The first-order valence-electron chi connectivity index (χ1n) is 6.10. The standard InChI is InChI=1S/C12H21NO4S2/c1-5-6-19(15,16)8-10-13-9(7-17-4)11(18-10)12(2,3)14/h14H,5-8H2,1-4H3. The van der Waals surface area contributed by atoms with E-state index < -0.39 is 15.4 Å². The van der Waals surface area contributed by atoms with Crippen LogP contribution in [0.2, 0.25) is 0 Å². The second-order valence-electron chi connectivity index (χ2n) is 4.97. The predicted octanol–water partition coefficient (Wildman–Crippen LogP) is 1.84. The number of aliphatic hydroxyl groups is 1. The quantitative estimate of drug-likeness (QED) is 0.832. The number of aromatic nitrogens is 1. The third-order valence-corrected chi connectivity index (χ3v) is 5.77. The van der Waals surface area contributed by atoms with Crippen molar-refractivity contribution in [3.8, 4) is 0 Å². The molecule has 0 radical (unpaired) electrons. The van der Waals surface area contributed by atoms with Crippen LogP contribution in [0.25, 0.3) is 0 Å². The van der Waals surface area contributed by atoms with Crippen molar-refractivity contribution in [2.24, 2.45) is 0 Å². The van der Waals surface area contributed by atoms with E-state index >= 15 is 0 Å². The van der Waals surface area contributed by atoms with Gasteiger partial charge in [-0.3, -0.25) is 0 Å². The molecule has 0 spiro atoms. The summed E-state index contributed by atoms with van der Waals surface area (Å²) >= 11 is 1.24. The van der Waals surface area contributed by atoms with Crippen LogP contribution in [0.4, 0.5) is 0 Å².